The van der Waals surface area contributed by atoms with Crippen molar-refractivity contribution in [3.05, 3.63) is 0 Å². The van der Waals surface area contributed by atoms with Crippen LogP contribution in [0.4, 0.5) is 0 Å². The topological polar surface area (TPSA) is 82.1 Å². The summed E-state index contributed by atoms with van der Waals surface area (Å²) in [6.45, 7) is 24.5. The molecular weight excluding hydrogens is 675 g/mol. The zero-order valence-electron chi connectivity index (χ0n) is 38.0. The normalized spacial score (nSPS) is 14.1. The predicted octanol–water partition coefficient (Wildman–Crippen LogP) is 12.8. The standard InChI is InChI=1S/C47H91NO6/c1-38(2)27-29-40(5)31-33-52-43(49)25-21-17-13-15-19-23-42(54-45(51)35-46(7,8)36-47(9,10)37-48(11)12)24-20-16-14-18-22-26-44(50)53-34-32-41(6)30-28-39(3)4/h38-42H,13-37H2,1-12H3. The van der Waals surface area contributed by atoms with Crippen LogP contribution in [-0.4, -0.2) is 62.8 Å². The van der Waals surface area contributed by atoms with E-state index in [1.165, 1.54) is 25.7 Å². The van der Waals surface area contributed by atoms with Crippen molar-refractivity contribution < 1.29 is 28.6 Å². The van der Waals surface area contributed by atoms with Gasteiger partial charge in [0.15, 0.2) is 0 Å². The van der Waals surface area contributed by atoms with E-state index in [1.807, 2.05) is 0 Å². The molecule has 0 fully saturated rings. The van der Waals surface area contributed by atoms with E-state index in [0.29, 0.717) is 44.3 Å². The van der Waals surface area contributed by atoms with Gasteiger partial charge in [0.05, 0.1) is 19.6 Å². The maximum absolute atomic E-state index is 13.3. The highest BCUT2D eigenvalue weighted by Crippen LogP contribution is 2.37. The van der Waals surface area contributed by atoms with Gasteiger partial charge < -0.3 is 19.1 Å². The molecule has 54 heavy (non-hydrogen) atoms. The lowest BCUT2D eigenvalue weighted by molar-refractivity contribution is -0.152. The van der Waals surface area contributed by atoms with Crippen molar-refractivity contribution >= 4 is 17.9 Å². The van der Waals surface area contributed by atoms with Crippen LogP contribution in [-0.2, 0) is 28.6 Å². The first-order valence-electron chi connectivity index (χ1n) is 22.5. The third-order valence-corrected chi connectivity index (χ3v) is 10.7. The lowest BCUT2D eigenvalue weighted by Crippen LogP contribution is -2.34. The summed E-state index contributed by atoms with van der Waals surface area (Å²) in [6.07, 6.45) is 21.0. The van der Waals surface area contributed by atoms with Gasteiger partial charge in [0.1, 0.15) is 6.10 Å². The molecule has 0 aromatic carbocycles. The van der Waals surface area contributed by atoms with E-state index in [9.17, 15) is 14.4 Å². The first-order valence-corrected chi connectivity index (χ1v) is 22.5. The summed E-state index contributed by atoms with van der Waals surface area (Å²) in [6, 6.07) is 0. The average Bonchev–Trinajstić information content (AvgIpc) is 3.03. The second kappa shape index (κ2) is 30.5. The lowest BCUT2D eigenvalue weighted by Gasteiger charge is -2.36. The Balaban J connectivity index is 4.62. The third-order valence-electron chi connectivity index (χ3n) is 10.7. The van der Waals surface area contributed by atoms with E-state index in [2.05, 4.69) is 88.2 Å². The summed E-state index contributed by atoms with van der Waals surface area (Å²) in [5.74, 6) is 2.43. The maximum atomic E-state index is 13.3. The van der Waals surface area contributed by atoms with E-state index >= 15 is 0 Å². The molecule has 320 valence electrons. The summed E-state index contributed by atoms with van der Waals surface area (Å²) >= 11 is 0. The van der Waals surface area contributed by atoms with Crippen LogP contribution < -0.4 is 0 Å². The summed E-state index contributed by atoms with van der Waals surface area (Å²) < 4.78 is 17.2. The summed E-state index contributed by atoms with van der Waals surface area (Å²) in [5, 5.41) is 0. The highest BCUT2D eigenvalue weighted by atomic mass is 16.5. The quantitative estimate of drug-likeness (QED) is 0.0361. The number of carbonyl (C=O) groups excluding carboxylic acids is 3. The van der Waals surface area contributed by atoms with Gasteiger partial charge in [-0.05, 0) is 106 Å². The van der Waals surface area contributed by atoms with Crippen molar-refractivity contribution in [2.45, 2.75) is 217 Å². The molecule has 0 aliphatic rings. The van der Waals surface area contributed by atoms with Crippen molar-refractivity contribution in [2.75, 3.05) is 33.9 Å². The van der Waals surface area contributed by atoms with E-state index in [-0.39, 0.29) is 34.8 Å². The molecule has 0 saturated heterocycles. The van der Waals surface area contributed by atoms with Gasteiger partial charge in [-0.3, -0.25) is 14.4 Å². The molecule has 2 unspecified atom stereocenters. The van der Waals surface area contributed by atoms with Gasteiger partial charge in [-0.1, -0.05) is 133 Å². The van der Waals surface area contributed by atoms with Gasteiger partial charge in [-0.25, -0.2) is 0 Å². The van der Waals surface area contributed by atoms with E-state index in [1.54, 1.807) is 0 Å². The molecule has 0 spiro atoms. The zero-order valence-corrected chi connectivity index (χ0v) is 38.0. The first-order chi connectivity index (χ1) is 25.3. The number of ether oxygens (including phenoxy) is 3. The number of nitrogens with zero attached hydrogens (tertiary/aromatic N) is 1. The molecule has 0 heterocycles. The monoisotopic (exact) mass is 766 g/mol. The summed E-state index contributed by atoms with van der Waals surface area (Å²) in [5.41, 5.74) is -0.0287. The van der Waals surface area contributed by atoms with Crippen LogP contribution in [0.1, 0.15) is 210 Å². The highest BCUT2D eigenvalue weighted by Gasteiger charge is 2.32. The number of unbranched alkanes of at least 4 members (excludes halogenated alkanes) is 8. The Kier molecular flexibility index (Phi) is 29.6. The molecule has 7 heteroatoms. The maximum Gasteiger partial charge on any atom is 0.306 e. The Morgan fingerprint density at radius 2 is 0.907 bits per heavy atom. The second-order valence-corrected chi connectivity index (χ2v) is 19.8. The predicted molar refractivity (Wildman–Crippen MR) is 227 cm³/mol. The number of hydrogen-bond donors (Lipinski definition) is 0. The molecule has 0 aliphatic carbocycles. The Labute approximate surface area is 335 Å². The summed E-state index contributed by atoms with van der Waals surface area (Å²) in [7, 11) is 4.20. The van der Waals surface area contributed by atoms with E-state index in [0.717, 1.165) is 115 Å². The number of carbonyl (C=O) groups is 3. The van der Waals surface area contributed by atoms with Crippen LogP contribution in [0.2, 0.25) is 0 Å². The van der Waals surface area contributed by atoms with Gasteiger partial charge in [-0.2, -0.15) is 0 Å². The van der Waals surface area contributed by atoms with Crippen molar-refractivity contribution in [3.8, 4) is 0 Å². The molecule has 0 bridgehead atoms. The zero-order chi connectivity index (χ0) is 41.0. The van der Waals surface area contributed by atoms with Crippen molar-refractivity contribution in [2.24, 2.45) is 34.5 Å². The molecule has 0 aromatic heterocycles. The number of esters is 3. The van der Waals surface area contributed by atoms with Gasteiger partial charge in [0, 0.05) is 19.4 Å². The van der Waals surface area contributed by atoms with E-state index < -0.39 is 0 Å². The first kappa shape index (κ1) is 52.4. The van der Waals surface area contributed by atoms with Gasteiger partial charge in [0.25, 0.3) is 0 Å². The molecule has 2 atom stereocenters. The Bertz CT molecular complexity index is 908. The largest absolute Gasteiger partial charge is 0.466 e. The fourth-order valence-corrected chi connectivity index (χ4v) is 7.91. The number of hydrogen-bond acceptors (Lipinski definition) is 7. The molecule has 0 aromatic rings. The van der Waals surface area contributed by atoms with Gasteiger partial charge in [-0.15, -0.1) is 0 Å². The Morgan fingerprint density at radius 3 is 1.31 bits per heavy atom. The minimum atomic E-state index is -0.137. The fourth-order valence-electron chi connectivity index (χ4n) is 7.91. The van der Waals surface area contributed by atoms with E-state index in [4.69, 9.17) is 14.2 Å². The highest BCUT2D eigenvalue weighted by molar-refractivity contribution is 5.70. The lowest BCUT2D eigenvalue weighted by atomic mass is 9.73. The molecule has 0 radical (unpaired) electrons. The Morgan fingerprint density at radius 1 is 0.500 bits per heavy atom. The van der Waals surface area contributed by atoms with Crippen molar-refractivity contribution in [1.82, 2.24) is 4.90 Å². The minimum Gasteiger partial charge on any atom is -0.466 e. The fraction of sp³-hybridized carbons (Fsp3) is 0.936. The molecule has 0 saturated carbocycles. The SMILES string of the molecule is CC(C)CCC(C)CCOC(=O)CCCCCCCC(CCCCCCCC(=O)OCCC(C)CCC(C)C)OC(=O)CC(C)(C)CC(C)(C)CN(C)C. The summed E-state index contributed by atoms with van der Waals surface area (Å²) in [4.78, 5) is 39.9. The molecule has 0 N–H and O–H groups in total. The molecule has 7 nitrogen and oxygen atoms in total. The van der Waals surface area contributed by atoms with Gasteiger partial charge >= 0.3 is 17.9 Å². The van der Waals surface area contributed by atoms with Crippen LogP contribution in [0.5, 0.6) is 0 Å². The minimum absolute atomic E-state index is 0.0566. The average molecular weight is 766 g/mol. The van der Waals surface area contributed by atoms with Crippen molar-refractivity contribution in [1.29, 1.82) is 0 Å². The smallest absolute Gasteiger partial charge is 0.306 e. The number of rotatable bonds is 35. The van der Waals surface area contributed by atoms with Crippen LogP contribution in [0, 0.1) is 34.5 Å². The van der Waals surface area contributed by atoms with Crippen molar-refractivity contribution in [3.63, 3.8) is 0 Å². The van der Waals surface area contributed by atoms with Crippen LogP contribution >= 0.6 is 0 Å². The van der Waals surface area contributed by atoms with Crippen LogP contribution in [0.25, 0.3) is 0 Å². The molecule has 0 amide bonds. The van der Waals surface area contributed by atoms with Gasteiger partial charge in [0.2, 0.25) is 0 Å². The molecule has 0 aliphatic heterocycles. The second-order valence-electron chi connectivity index (χ2n) is 19.8. The third kappa shape index (κ3) is 33.7. The molecule has 0 rings (SSSR count). The molecular formula is C47H91NO6. The van der Waals surface area contributed by atoms with Crippen LogP contribution in [0.15, 0.2) is 0 Å². The van der Waals surface area contributed by atoms with Crippen LogP contribution in [0.3, 0.4) is 0 Å². The Hall–Kier alpha value is -1.63.